The van der Waals surface area contributed by atoms with Crippen LogP contribution >= 0.6 is 0 Å². The van der Waals surface area contributed by atoms with E-state index in [4.69, 9.17) is 18.6 Å². The van der Waals surface area contributed by atoms with Gasteiger partial charge in [-0.05, 0) is 61.9 Å². The minimum Gasteiger partial charge on any atom is -0.472 e. The fourth-order valence-corrected chi connectivity index (χ4v) is 4.38. The lowest BCUT2D eigenvalue weighted by molar-refractivity contribution is -0.139. The summed E-state index contributed by atoms with van der Waals surface area (Å²) in [6, 6.07) is 19.5. The number of hydrogen-bond acceptors (Lipinski definition) is 7. The minimum atomic E-state index is -0.529. The van der Waals surface area contributed by atoms with Gasteiger partial charge in [-0.2, -0.15) is 0 Å². The van der Waals surface area contributed by atoms with Crippen LogP contribution in [-0.4, -0.2) is 19.8 Å². The summed E-state index contributed by atoms with van der Waals surface area (Å²) in [7, 11) is 1.30. The Morgan fingerprint density at radius 2 is 1.71 bits per heavy atom. The molecule has 0 saturated heterocycles. The van der Waals surface area contributed by atoms with Gasteiger partial charge in [-0.25, -0.2) is 4.79 Å². The van der Waals surface area contributed by atoms with Crippen molar-refractivity contribution in [3.63, 3.8) is 0 Å². The molecule has 0 saturated carbocycles. The number of para-hydroxylation sites is 1. The first-order valence-corrected chi connectivity index (χ1v) is 11.3. The molecule has 0 bridgehead atoms. The highest BCUT2D eigenvalue weighted by Crippen LogP contribution is 2.37. The summed E-state index contributed by atoms with van der Waals surface area (Å²) in [6.07, 6.45) is -0.128. The van der Waals surface area contributed by atoms with Crippen molar-refractivity contribution in [2.45, 2.75) is 26.8 Å². The standard InChI is InChI=1S/C28H25NO6/c1-17-23-13-19-15-29(20-9-11-22(12-10-20)34-21-7-5-4-6-8-21)16-33-26(19)18(2)27(23)35-28(31)24(17)14-25(30)32-3/h4-13H,14-16H2,1-3H3. The second-order valence-electron chi connectivity index (χ2n) is 8.49. The van der Waals surface area contributed by atoms with Crippen LogP contribution in [0, 0.1) is 13.8 Å². The number of rotatable bonds is 5. The maximum Gasteiger partial charge on any atom is 0.340 e. The molecule has 1 aromatic heterocycles. The molecule has 2 heterocycles. The van der Waals surface area contributed by atoms with Gasteiger partial charge in [-0.15, -0.1) is 0 Å². The van der Waals surface area contributed by atoms with Crippen molar-refractivity contribution in [3.8, 4) is 17.2 Å². The van der Waals surface area contributed by atoms with Gasteiger partial charge in [0.05, 0.1) is 19.1 Å². The molecule has 0 unspecified atom stereocenters. The van der Waals surface area contributed by atoms with Crippen LogP contribution in [0.3, 0.4) is 0 Å². The maximum absolute atomic E-state index is 12.6. The second kappa shape index (κ2) is 9.18. The van der Waals surface area contributed by atoms with Gasteiger partial charge in [0, 0.05) is 28.7 Å². The highest BCUT2D eigenvalue weighted by Gasteiger charge is 2.24. The summed E-state index contributed by atoms with van der Waals surface area (Å²) in [5.74, 6) is 1.78. The molecule has 4 aromatic rings. The molecule has 178 valence electrons. The maximum atomic E-state index is 12.6. The number of esters is 1. The van der Waals surface area contributed by atoms with Crippen LogP contribution in [0.25, 0.3) is 11.0 Å². The number of anilines is 1. The molecule has 1 aliphatic rings. The number of fused-ring (bicyclic) bond motifs is 2. The molecule has 0 N–H and O–H groups in total. The average Bonchev–Trinajstić information content (AvgIpc) is 2.88. The number of benzene rings is 3. The second-order valence-corrected chi connectivity index (χ2v) is 8.49. The van der Waals surface area contributed by atoms with E-state index >= 15 is 0 Å². The lowest BCUT2D eigenvalue weighted by atomic mass is 9.97. The van der Waals surface area contributed by atoms with Crippen LogP contribution in [0.15, 0.2) is 69.9 Å². The Hall–Kier alpha value is -4.26. The lowest BCUT2D eigenvalue weighted by Gasteiger charge is -2.32. The molecule has 1 aliphatic heterocycles. The van der Waals surface area contributed by atoms with E-state index in [1.807, 2.05) is 74.5 Å². The molecular weight excluding hydrogens is 446 g/mol. The van der Waals surface area contributed by atoms with Crippen molar-refractivity contribution in [2.75, 3.05) is 18.7 Å². The van der Waals surface area contributed by atoms with Gasteiger partial charge >= 0.3 is 11.6 Å². The van der Waals surface area contributed by atoms with Crippen LogP contribution in [-0.2, 0) is 22.5 Å². The molecule has 0 spiro atoms. The molecule has 0 aliphatic carbocycles. The predicted octanol–water partition coefficient (Wildman–Crippen LogP) is 5.27. The van der Waals surface area contributed by atoms with Crippen LogP contribution in [0.1, 0.15) is 22.3 Å². The Bertz CT molecular complexity index is 1460. The molecule has 0 radical (unpaired) electrons. The third-order valence-corrected chi connectivity index (χ3v) is 6.29. The Labute approximate surface area is 202 Å². The third kappa shape index (κ3) is 4.33. The van der Waals surface area contributed by atoms with Gasteiger partial charge in [-0.1, -0.05) is 18.2 Å². The Balaban J connectivity index is 1.44. The lowest BCUT2D eigenvalue weighted by Crippen LogP contribution is -2.32. The van der Waals surface area contributed by atoms with E-state index in [1.54, 1.807) is 0 Å². The van der Waals surface area contributed by atoms with Crippen molar-refractivity contribution < 1.29 is 23.4 Å². The first kappa shape index (κ1) is 22.5. The van der Waals surface area contributed by atoms with Gasteiger partial charge in [0.2, 0.25) is 0 Å². The first-order chi connectivity index (χ1) is 16.9. The fraction of sp³-hybridized carbons (Fsp3) is 0.214. The summed E-state index contributed by atoms with van der Waals surface area (Å²) >= 11 is 0. The van der Waals surface area contributed by atoms with Crippen molar-refractivity contribution in [3.05, 3.63) is 93.3 Å². The number of carbonyl (C=O) groups is 1. The first-order valence-electron chi connectivity index (χ1n) is 11.3. The number of nitrogens with zero attached hydrogens (tertiary/aromatic N) is 1. The fourth-order valence-electron chi connectivity index (χ4n) is 4.38. The molecule has 0 fully saturated rings. The van der Waals surface area contributed by atoms with Crippen LogP contribution in [0.4, 0.5) is 5.69 Å². The molecular formula is C28H25NO6. The molecule has 0 amide bonds. The highest BCUT2D eigenvalue weighted by molar-refractivity contribution is 5.88. The number of methoxy groups -OCH3 is 1. The van der Waals surface area contributed by atoms with Crippen molar-refractivity contribution in [1.29, 1.82) is 0 Å². The number of hydrogen-bond donors (Lipinski definition) is 0. The Morgan fingerprint density at radius 3 is 2.43 bits per heavy atom. The van der Waals surface area contributed by atoms with Crippen molar-refractivity contribution >= 4 is 22.6 Å². The molecule has 7 nitrogen and oxygen atoms in total. The van der Waals surface area contributed by atoms with Gasteiger partial charge in [-0.3, -0.25) is 4.79 Å². The van der Waals surface area contributed by atoms with Gasteiger partial charge < -0.3 is 23.5 Å². The quantitative estimate of drug-likeness (QED) is 0.290. The van der Waals surface area contributed by atoms with Crippen LogP contribution in [0.2, 0.25) is 0 Å². The highest BCUT2D eigenvalue weighted by atomic mass is 16.5. The normalized spacial score (nSPS) is 12.7. The minimum absolute atomic E-state index is 0.128. The summed E-state index contributed by atoms with van der Waals surface area (Å²) in [5.41, 5.74) is 3.73. The zero-order valence-electron chi connectivity index (χ0n) is 19.8. The van der Waals surface area contributed by atoms with E-state index in [0.29, 0.717) is 30.0 Å². The van der Waals surface area contributed by atoms with E-state index in [-0.39, 0.29) is 6.42 Å². The molecule has 7 heteroatoms. The smallest absolute Gasteiger partial charge is 0.340 e. The molecule has 35 heavy (non-hydrogen) atoms. The van der Waals surface area contributed by atoms with Gasteiger partial charge in [0.15, 0.2) is 6.73 Å². The van der Waals surface area contributed by atoms with E-state index in [2.05, 4.69) is 4.90 Å². The summed E-state index contributed by atoms with van der Waals surface area (Å²) in [4.78, 5) is 26.5. The zero-order chi connectivity index (χ0) is 24.5. The van der Waals surface area contributed by atoms with Crippen LogP contribution in [0.5, 0.6) is 17.2 Å². The van der Waals surface area contributed by atoms with Crippen molar-refractivity contribution in [2.24, 2.45) is 0 Å². The zero-order valence-corrected chi connectivity index (χ0v) is 19.8. The summed E-state index contributed by atoms with van der Waals surface area (Å²) < 4.78 is 22.4. The number of ether oxygens (including phenoxy) is 3. The average molecular weight is 472 g/mol. The van der Waals surface area contributed by atoms with E-state index in [1.165, 1.54) is 7.11 Å². The Kier molecular flexibility index (Phi) is 5.91. The predicted molar refractivity (Wildman–Crippen MR) is 132 cm³/mol. The summed E-state index contributed by atoms with van der Waals surface area (Å²) in [5, 5.41) is 0.789. The largest absolute Gasteiger partial charge is 0.472 e. The number of carbonyl (C=O) groups excluding carboxylic acids is 1. The number of aryl methyl sites for hydroxylation is 2. The monoisotopic (exact) mass is 471 g/mol. The van der Waals surface area contributed by atoms with Gasteiger partial charge in [0.25, 0.3) is 0 Å². The van der Waals surface area contributed by atoms with E-state index in [0.717, 1.165) is 39.4 Å². The van der Waals surface area contributed by atoms with E-state index < -0.39 is 11.6 Å². The summed E-state index contributed by atoms with van der Waals surface area (Å²) in [6.45, 7) is 4.70. The SMILES string of the molecule is COC(=O)Cc1c(C)c2cc3c(c(C)c2oc1=O)OCN(c1ccc(Oc2ccccc2)cc1)C3. The molecule has 0 atom stereocenters. The topological polar surface area (TPSA) is 78.2 Å². The third-order valence-electron chi connectivity index (χ3n) is 6.29. The van der Waals surface area contributed by atoms with Crippen molar-refractivity contribution in [1.82, 2.24) is 0 Å². The Morgan fingerprint density at radius 1 is 1.00 bits per heavy atom. The molecule has 5 rings (SSSR count). The van der Waals surface area contributed by atoms with E-state index in [9.17, 15) is 9.59 Å². The molecule has 3 aromatic carbocycles. The van der Waals surface area contributed by atoms with Gasteiger partial charge in [0.1, 0.15) is 22.8 Å². The van der Waals surface area contributed by atoms with Crippen LogP contribution < -0.4 is 20.0 Å².